The van der Waals surface area contributed by atoms with Crippen LogP contribution in [0.4, 0.5) is 4.79 Å². The molecule has 1 atom stereocenters. The van der Waals surface area contributed by atoms with Gasteiger partial charge in [0.05, 0.1) is 5.41 Å². The summed E-state index contributed by atoms with van der Waals surface area (Å²) in [7, 11) is 0. The average molecular weight is 329 g/mol. The molecule has 2 saturated heterocycles. The summed E-state index contributed by atoms with van der Waals surface area (Å²) in [4.78, 5) is 26.4. The first-order valence-corrected chi connectivity index (χ1v) is 8.90. The largest absolute Gasteiger partial charge is 0.356 e. The Bertz CT molecular complexity index is 612. The summed E-state index contributed by atoms with van der Waals surface area (Å²) >= 11 is 0. The normalized spacial score (nSPS) is 23.6. The monoisotopic (exact) mass is 329 g/mol. The van der Waals surface area contributed by atoms with Crippen LogP contribution in [0, 0.1) is 5.41 Å². The highest BCUT2D eigenvalue weighted by Gasteiger charge is 2.46. The van der Waals surface area contributed by atoms with Crippen LogP contribution in [0.25, 0.3) is 0 Å². The van der Waals surface area contributed by atoms with Gasteiger partial charge in [-0.1, -0.05) is 38.1 Å². The Morgan fingerprint density at radius 2 is 2.04 bits per heavy atom. The van der Waals surface area contributed by atoms with Crippen LogP contribution >= 0.6 is 0 Å². The number of nitrogens with one attached hydrogen (secondary N) is 2. The van der Waals surface area contributed by atoms with E-state index < -0.39 is 0 Å². The molecule has 2 fully saturated rings. The fraction of sp³-hybridized carbons (Fsp3) is 0.579. The zero-order valence-electron chi connectivity index (χ0n) is 14.6. The van der Waals surface area contributed by atoms with E-state index in [2.05, 4.69) is 48.7 Å². The van der Waals surface area contributed by atoms with Crippen molar-refractivity contribution in [1.29, 1.82) is 0 Å². The number of benzene rings is 1. The fourth-order valence-corrected chi connectivity index (χ4v) is 3.72. The molecule has 2 aliphatic rings. The highest BCUT2D eigenvalue weighted by atomic mass is 16.2. The van der Waals surface area contributed by atoms with E-state index in [0.29, 0.717) is 19.0 Å². The van der Waals surface area contributed by atoms with Crippen molar-refractivity contribution >= 4 is 11.9 Å². The number of hydrogen-bond donors (Lipinski definition) is 2. The van der Waals surface area contributed by atoms with Crippen molar-refractivity contribution in [2.45, 2.75) is 45.6 Å². The van der Waals surface area contributed by atoms with Gasteiger partial charge in [0.25, 0.3) is 0 Å². The van der Waals surface area contributed by atoms with Gasteiger partial charge in [0.1, 0.15) is 0 Å². The van der Waals surface area contributed by atoms with Crippen LogP contribution in [0.5, 0.6) is 0 Å². The topological polar surface area (TPSA) is 61.4 Å². The molecule has 130 valence electrons. The highest BCUT2D eigenvalue weighted by Crippen LogP contribution is 2.36. The summed E-state index contributed by atoms with van der Waals surface area (Å²) < 4.78 is 0. The molecule has 5 heteroatoms. The van der Waals surface area contributed by atoms with Crippen molar-refractivity contribution in [2.24, 2.45) is 5.41 Å². The fourth-order valence-electron chi connectivity index (χ4n) is 3.72. The van der Waals surface area contributed by atoms with E-state index in [1.807, 2.05) is 0 Å². The molecular weight excluding hydrogens is 302 g/mol. The summed E-state index contributed by atoms with van der Waals surface area (Å²) in [5, 5.41) is 5.91. The Labute approximate surface area is 143 Å². The predicted molar refractivity (Wildman–Crippen MR) is 93.6 cm³/mol. The van der Waals surface area contributed by atoms with Crippen LogP contribution in [-0.2, 0) is 11.3 Å². The maximum atomic E-state index is 12.5. The van der Waals surface area contributed by atoms with Gasteiger partial charge >= 0.3 is 6.03 Å². The van der Waals surface area contributed by atoms with E-state index in [0.717, 1.165) is 37.9 Å². The van der Waals surface area contributed by atoms with Crippen LogP contribution in [0.2, 0.25) is 0 Å². The molecule has 1 aromatic carbocycles. The van der Waals surface area contributed by atoms with E-state index in [1.165, 1.54) is 5.56 Å². The highest BCUT2D eigenvalue weighted by molar-refractivity contribution is 5.86. The van der Waals surface area contributed by atoms with E-state index in [9.17, 15) is 9.59 Å². The first-order valence-electron chi connectivity index (χ1n) is 8.90. The summed E-state index contributed by atoms with van der Waals surface area (Å²) in [5.41, 5.74) is 2.04. The average Bonchev–Trinajstić information content (AvgIpc) is 2.93. The van der Waals surface area contributed by atoms with Crippen molar-refractivity contribution in [3.8, 4) is 0 Å². The van der Waals surface area contributed by atoms with Crippen LogP contribution in [-0.4, -0.2) is 36.5 Å². The molecule has 3 rings (SSSR count). The second-order valence-electron chi connectivity index (χ2n) is 7.37. The third kappa shape index (κ3) is 3.40. The number of likely N-dealkylation sites (tertiary alicyclic amines) is 1. The lowest BCUT2D eigenvalue weighted by molar-refractivity contribution is -0.129. The SMILES string of the molecule is CC(C)c1ccc(CNC(=O)N2CCCC3(CCNC3=O)C2)cc1. The van der Waals surface area contributed by atoms with Crippen LogP contribution in [0.1, 0.15) is 50.2 Å². The molecular formula is C19H27N3O2. The number of amides is 3. The van der Waals surface area contributed by atoms with Gasteiger partial charge in [-0.05, 0) is 36.3 Å². The lowest BCUT2D eigenvalue weighted by Crippen LogP contribution is -2.52. The molecule has 2 aliphatic heterocycles. The van der Waals surface area contributed by atoms with Gasteiger partial charge in [-0.15, -0.1) is 0 Å². The van der Waals surface area contributed by atoms with Gasteiger partial charge in [0, 0.05) is 26.2 Å². The van der Waals surface area contributed by atoms with Crippen LogP contribution in [0.15, 0.2) is 24.3 Å². The minimum absolute atomic E-state index is 0.0679. The van der Waals surface area contributed by atoms with Crippen molar-refractivity contribution in [2.75, 3.05) is 19.6 Å². The van der Waals surface area contributed by atoms with Gasteiger partial charge in [0.15, 0.2) is 0 Å². The summed E-state index contributed by atoms with van der Waals surface area (Å²) in [5.74, 6) is 0.625. The quantitative estimate of drug-likeness (QED) is 0.895. The summed E-state index contributed by atoms with van der Waals surface area (Å²) in [6.07, 6.45) is 2.62. The lowest BCUT2D eigenvalue weighted by Gasteiger charge is -2.38. The standard InChI is InChI=1S/C19H27N3O2/c1-14(2)16-6-4-15(5-7-16)12-21-18(24)22-11-3-8-19(13-22)9-10-20-17(19)23/h4-7,14H,3,8-13H2,1-2H3,(H,20,23)(H,21,24). The Hall–Kier alpha value is -2.04. The molecule has 2 N–H and O–H groups in total. The molecule has 1 aromatic rings. The number of hydrogen-bond acceptors (Lipinski definition) is 2. The Morgan fingerprint density at radius 3 is 2.67 bits per heavy atom. The summed E-state index contributed by atoms with van der Waals surface area (Å²) in [6.45, 7) is 6.86. The van der Waals surface area contributed by atoms with Crippen molar-refractivity contribution in [3.63, 3.8) is 0 Å². The van der Waals surface area contributed by atoms with E-state index in [4.69, 9.17) is 0 Å². The number of urea groups is 1. The number of rotatable bonds is 3. The van der Waals surface area contributed by atoms with Gasteiger partial charge in [-0.2, -0.15) is 0 Å². The van der Waals surface area contributed by atoms with Crippen LogP contribution < -0.4 is 10.6 Å². The zero-order chi connectivity index (χ0) is 17.2. The molecule has 0 aliphatic carbocycles. The van der Waals surface area contributed by atoms with Crippen molar-refractivity contribution < 1.29 is 9.59 Å². The third-order valence-corrected chi connectivity index (χ3v) is 5.33. The Morgan fingerprint density at radius 1 is 1.29 bits per heavy atom. The number of piperidine rings is 1. The van der Waals surface area contributed by atoms with E-state index >= 15 is 0 Å². The maximum absolute atomic E-state index is 12.5. The molecule has 2 heterocycles. The van der Waals surface area contributed by atoms with Gasteiger partial charge in [-0.3, -0.25) is 4.79 Å². The molecule has 0 aromatic heterocycles. The third-order valence-electron chi connectivity index (χ3n) is 5.33. The second-order valence-corrected chi connectivity index (χ2v) is 7.37. The smallest absolute Gasteiger partial charge is 0.317 e. The maximum Gasteiger partial charge on any atom is 0.317 e. The van der Waals surface area contributed by atoms with Crippen molar-refractivity contribution in [3.05, 3.63) is 35.4 Å². The van der Waals surface area contributed by atoms with Gasteiger partial charge < -0.3 is 15.5 Å². The molecule has 0 radical (unpaired) electrons. The van der Waals surface area contributed by atoms with Crippen molar-refractivity contribution in [1.82, 2.24) is 15.5 Å². The van der Waals surface area contributed by atoms with E-state index in [1.54, 1.807) is 4.90 Å². The molecule has 0 bridgehead atoms. The minimum atomic E-state index is -0.353. The number of nitrogens with zero attached hydrogens (tertiary/aromatic N) is 1. The van der Waals surface area contributed by atoms with Gasteiger partial charge in [0.2, 0.25) is 5.91 Å². The van der Waals surface area contributed by atoms with E-state index in [-0.39, 0.29) is 17.4 Å². The first-order chi connectivity index (χ1) is 11.5. The summed E-state index contributed by atoms with van der Waals surface area (Å²) in [6, 6.07) is 8.30. The molecule has 24 heavy (non-hydrogen) atoms. The van der Waals surface area contributed by atoms with Crippen LogP contribution in [0.3, 0.4) is 0 Å². The number of carbonyl (C=O) groups excluding carboxylic acids is 2. The predicted octanol–water partition coefficient (Wildman–Crippen LogP) is 2.62. The Balaban J connectivity index is 1.56. The van der Waals surface area contributed by atoms with Gasteiger partial charge in [-0.25, -0.2) is 4.79 Å². The molecule has 3 amide bonds. The molecule has 1 unspecified atom stereocenters. The molecule has 0 saturated carbocycles. The minimum Gasteiger partial charge on any atom is -0.356 e. The Kier molecular flexibility index (Phi) is 4.78. The first kappa shape index (κ1) is 16.8. The zero-order valence-corrected chi connectivity index (χ0v) is 14.6. The second kappa shape index (κ2) is 6.83. The number of carbonyl (C=O) groups is 2. The lowest BCUT2D eigenvalue weighted by atomic mass is 9.78. The molecule has 5 nitrogen and oxygen atoms in total. The molecule has 1 spiro atoms.